The SMILES string of the molecule is Cc1cc(S(=O)(=O)Cl)ccc1NC(=O)C1CCCC1(C)C. The first-order valence-electron chi connectivity index (χ1n) is 6.97. The summed E-state index contributed by atoms with van der Waals surface area (Å²) in [6.45, 7) is 5.97. The molecule has 0 aliphatic heterocycles. The van der Waals surface area contributed by atoms with Crippen molar-refractivity contribution in [3.05, 3.63) is 23.8 Å². The lowest BCUT2D eigenvalue weighted by atomic mass is 9.81. The van der Waals surface area contributed by atoms with Gasteiger partial charge in [0.05, 0.1) is 4.90 Å². The van der Waals surface area contributed by atoms with E-state index >= 15 is 0 Å². The largest absolute Gasteiger partial charge is 0.326 e. The third-order valence-electron chi connectivity index (χ3n) is 4.31. The smallest absolute Gasteiger partial charge is 0.261 e. The van der Waals surface area contributed by atoms with Gasteiger partial charge in [-0.05, 0) is 48.9 Å². The number of hydrogen-bond acceptors (Lipinski definition) is 3. The number of nitrogens with one attached hydrogen (secondary N) is 1. The molecule has 1 aromatic rings. The number of carbonyl (C=O) groups is 1. The maximum atomic E-state index is 12.4. The number of halogens is 1. The highest BCUT2D eigenvalue weighted by molar-refractivity contribution is 8.13. The average molecular weight is 330 g/mol. The molecule has 1 N–H and O–H groups in total. The molecule has 1 unspecified atom stereocenters. The van der Waals surface area contributed by atoms with Crippen molar-refractivity contribution in [2.75, 3.05) is 5.32 Å². The first kappa shape index (κ1) is 16.3. The molecule has 1 aromatic carbocycles. The number of carbonyl (C=O) groups excluding carboxylic acids is 1. The summed E-state index contributed by atoms with van der Waals surface area (Å²) in [4.78, 5) is 12.5. The van der Waals surface area contributed by atoms with E-state index in [4.69, 9.17) is 10.7 Å². The molecule has 0 radical (unpaired) electrons. The van der Waals surface area contributed by atoms with Gasteiger partial charge in [-0.1, -0.05) is 20.3 Å². The lowest BCUT2D eigenvalue weighted by Crippen LogP contribution is -2.31. The van der Waals surface area contributed by atoms with Crippen molar-refractivity contribution in [2.45, 2.75) is 44.9 Å². The van der Waals surface area contributed by atoms with E-state index in [0.29, 0.717) is 11.3 Å². The van der Waals surface area contributed by atoms with Crippen LogP contribution in [0, 0.1) is 18.3 Å². The number of anilines is 1. The van der Waals surface area contributed by atoms with Gasteiger partial charge in [0.25, 0.3) is 9.05 Å². The molecule has 4 nitrogen and oxygen atoms in total. The molecule has 1 atom stereocenters. The van der Waals surface area contributed by atoms with Crippen molar-refractivity contribution in [3.8, 4) is 0 Å². The van der Waals surface area contributed by atoms with Crippen LogP contribution in [-0.4, -0.2) is 14.3 Å². The third kappa shape index (κ3) is 3.58. The van der Waals surface area contributed by atoms with Crippen LogP contribution in [0.2, 0.25) is 0 Å². The van der Waals surface area contributed by atoms with Gasteiger partial charge in [0.15, 0.2) is 0 Å². The van der Waals surface area contributed by atoms with Crippen LogP contribution in [0.4, 0.5) is 5.69 Å². The van der Waals surface area contributed by atoms with Crippen molar-refractivity contribution in [2.24, 2.45) is 11.3 Å². The molecule has 0 spiro atoms. The van der Waals surface area contributed by atoms with Crippen molar-refractivity contribution in [1.82, 2.24) is 0 Å². The Hall–Kier alpha value is -1.07. The number of hydrogen-bond donors (Lipinski definition) is 1. The Kier molecular flexibility index (Phi) is 4.36. The van der Waals surface area contributed by atoms with E-state index in [1.807, 2.05) is 0 Å². The van der Waals surface area contributed by atoms with E-state index in [2.05, 4.69) is 19.2 Å². The second-order valence-corrected chi connectivity index (χ2v) is 8.90. The van der Waals surface area contributed by atoms with Gasteiger partial charge < -0.3 is 5.32 Å². The topological polar surface area (TPSA) is 63.2 Å². The van der Waals surface area contributed by atoms with Crippen LogP contribution in [0.25, 0.3) is 0 Å². The zero-order chi connectivity index (χ0) is 15.8. The summed E-state index contributed by atoms with van der Waals surface area (Å²) in [5, 5.41) is 2.91. The summed E-state index contributed by atoms with van der Waals surface area (Å²) in [6, 6.07) is 4.47. The standard InChI is InChI=1S/C15H20ClNO3S/c1-10-9-11(21(16,19)20)6-7-13(10)17-14(18)12-5-4-8-15(12,2)3/h6-7,9,12H,4-5,8H2,1-3H3,(H,17,18). The molecule has 0 aromatic heterocycles. The maximum Gasteiger partial charge on any atom is 0.261 e. The highest BCUT2D eigenvalue weighted by atomic mass is 35.7. The van der Waals surface area contributed by atoms with E-state index < -0.39 is 9.05 Å². The molecular formula is C15H20ClNO3S. The number of amides is 1. The summed E-state index contributed by atoms with van der Waals surface area (Å²) in [5.74, 6) is -0.00424. The second kappa shape index (κ2) is 5.61. The summed E-state index contributed by atoms with van der Waals surface area (Å²) in [5.41, 5.74) is 1.32. The lowest BCUT2D eigenvalue weighted by Gasteiger charge is -2.26. The van der Waals surface area contributed by atoms with E-state index in [9.17, 15) is 13.2 Å². The van der Waals surface area contributed by atoms with Gasteiger partial charge in [0.1, 0.15) is 0 Å². The van der Waals surface area contributed by atoms with Crippen molar-refractivity contribution >= 4 is 31.3 Å². The second-order valence-electron chi connectivity index (χ2n) is 6.34. The minimum atomic E-state index is -3.75. The summed E-state index contributed by atoms with van der Waals surface area (Å²) in [6.07, 6.45) is 3.01. The van der Waals surface area contributed by atoms with Crippen molar-refractivity contribution < 1.29 is 13.2 Å². The summed E-state index contributed by atoms with van der Waals surface area (Å²) in [7, 11) is 1.57. The van der Waals surface area contributed by atoms with Gasteiger partial charge in [-0.3, -0.25) is 4.79 Å². The molecule has 0 bridgehead atoms. The molecule has 1 amide bonds. The Morgan fingerprint density at radius 3 is 2.52 bits per heavy atom. The van der Waals surface area contributed by atoms with Crippen molar-refractivity contribution in [1.29, 1.82) is 0 Å². The zero-order valence-electron chi connectivity index (χ0n) is 12.4. The maximum absolute atomic E-state index is 12.4. The molecule has 0 heterocycles. The van der Waals surface area contributed by atoms with Crippen molar-refractivity contribution in [3.63, 3.8) is 0 Å². The van der Waals surface area contributed by atoms with E-state index in [0.717, 1.165) is 19.3 Å². The minimum absolute atomic E-state index is 0.00193. The molecule has 0 saturated heterocycles. The van der Waals surface area contributed by atoms with Gasteiger partial charge >= 0.3 is 0 Å². The van der Waals surface area contributed by atoms with Crippen LogP contribution in [0.15, 0.2) is 23.1 Å². The highest BCUT2D eigenvalue weighted by Crippen LogP contribution is 2.43. The van der Waals surface area contributed by atoms with Gasteiger partial charge in [-0.25, -0.2) is 8.42 Å². The predicted octanol–water partition coefficient (Wildman–Crippen LogP) is 3.69. The van der Waals surface area contributed by atoms with E-state index in [1.165, 1.54) is 12.1 Å². The van der Waals surface area contributed by atoms with Crippen LogP contribution in [-0.2, 0) is 13.8 Å². The Labute approximate surface area is 130 Å². The quantitative estimate of drug-likeness (QED) is 0.860. The van der Waals surface area contributed by atoms with Gasteiger partial charge in [0, 0.05) is 22.3 Å². The number of rotatable bonds is 3. The Morgan fingerprint density at radius 1 is 1.38 bits per heavy atom. The Balaban J connectivity index is 2.19. The van der Waals surface area contributed by atoms with Crippen LogP contribution < -0.4 is 5.32 Å². The highest BCUT2D eigenvalue weighted by Gasteiger charge is 2.39. The fourth-order valence-electron chi connectivity index (χ4n) is 2.96. The first-order valence-corrected chi connectivity index (χ1v) is 9.28. The number of benzene rings is 1. The molecule has 1 fully saturated rings. The molecule has 21 heavy (non-hydrogen) atoms. The van der Waals surface area contributed by atoms with Crippen LogP contribution in [0.1, 0.15) is 38.7 Å². The molecular weight excluding hydrogens is 310 g/mol. The predicted molar refractivity (Wildman–Crippen MR) is 84.0 cm³/mol. The van der Waals surface area contributed by atoms with Gasteiger partial charge in [-0.2, -0.15) is 0 Å². The molecule has 1 aliphatic carbocycles. The average Bonchev–Trinajstić information content (AvgIpc) is 2.70. The van der Waals surface area contributed by atoms with Crippen LogP contribution in [0.3, 0.4) is 0 Å². The third-order valence-corrected chi connectivity index (χ3v) is 5.66. The monoisotopic (exact) mass is 329 g/mol. The number of aryl methyl sites for hydroxylation is 1. The van der Waals surface area contributed by atoms with Crippen LogP contribution >= 0.6 is 10.7 Å². The normalized spacial score (nSPS) is 21.2. The van der Waals surface area contributed by atoms with E-state index in [1.54, 1.807) is 13.0 Å². The first-order chi connectivity index (χ1) is 9.61. The van der Waals surface area contributed by atoms with Gasteiger partial charge in [-0.15, -0.1) is 0 Å². The minimum Gasteiger partial charge on any atom is -0.326 e. The van der Waals surface area contributed by atoms with E-state index in [-0.39, 0.29) is 22.1 Å². The Bertz CT molecular complexity index is 667. The fraction of sp³-hybridized carbons (Fsp3) is 0.533. The molecule has 2 rings (SSSR count). The van der Waals surface area contributed by atoms with Crippen LogP contribution in [0.5, 0.6) is 0 Å². The molecule has 1 aliphatic rings. The van der Waals surface area contributed by atoms with Gasteiger partial charge in [0.2, 0.25) is 5.91 Å². The summed E-state index contributed by atoms with van der Waals surface area (Å²) >= 11 is 0. The molecule has 116 valence electrons. The molecule has 1 saturated carbocycles. The summed E-state index contributed by atoms with van der Waals surface area (Å²) < 4.78 is 22.6. The lowest BCUT2D eigenvalue weighted by molar-refractivity contribution is -0.122. The molecule has 6 heteroatoms. The Morgan fingerprint density at radius 2 is 2.05 bits per heavy atom. The fourth-order valence-corrected chi connectivity index (χ4v) is 3.80. The zero-order valence-corrected chi connectivity index (χ0v) is 14.0.